The van der Waals surface area contributed by atoms with Crippen LogP contribution in [0.15, 0.2) is 34.1 Å². The molecule has 0 aliphatic heterocycles. The van der Waals surface area contributed by atoms with Crippen molar-refractivity contribution in [2.45, 2.75) is 26.8 Å². The number of anilines is 2. The lowest BCUT2D eigenvalue weighted by Gasteiger charge is -2.16. The number of carbonyl (C=O) groups excluding carboxylic acids is 1. The van der Waals surface area contributed by atoms with Crippen molar-refractivity contribution in [2.24, 2.45) is 0 Å². The molecule has 1 amide bonds. The summed E-state index contributed by atoms with van der Waals surface area (Å²) < 4.78 is 1.11. The van der Waals surface area contributed by atoms with E-state index in [0.29, 0.717) is 0 Å². The molecular formula is C15H17BrN2OS. The SMILES string of the molecule is CC(=O)Nc1cc(NC(C)c2cc(Br)cs2)ccc1C. The van der Waals surface area contributed by atoms with Gasteiger partial charge in [0, 0.05) is 33.0 Å². The summed E-state index contributed by atoms with van der Waals surface area (Å²) in [5.74, 6) is -0.0551. The van der Waals surface area contributed by atoms with Crippen LogP contribution in [-0.4, -0.2) is 5.91 Å². The Hall–Kier alpha value is -1.33. The first-order valence-corrected chi connectivity index (χ1v) is 8.01. The monoisotopic (exact) mass is 352 g/mol. The van der Waals surface area contributed by atoms with Crippen molar-refractivity contribution in [3.63, 3.8) is 0 Å². The Labute approximate surface area is 131 Å². The lowest BCUT2D eigenvalue weighted by Crippen LogP contribution is -2.09. The maximum atomic E-state index is 11.2. The third-order valence-corrected chi connectivity index (χ3v) is 4.82. The van der Waals surface area contributed by atoms with Gasteiger partial charge >= 0.3 is 0 Å². The summed E-state index contributed by atoms with van der Waals surface area (Å²) in [4.78, 5) is 12.5. The molecule has 3 nitrogen and oxygen atoms in total. The maximum Gasteiger partial charge on any atom is 0.221 e. The number of hydrogen-bond acceptors (Lipinski definition) is 3. The van der Waals surface area contributed by atoms with E-state index in [4.69, 9.17) is 0 Å². The number of amides is 1. The van der Waals surface area contributed by atoms with Crippen molar-refractivity contribution < 1.29 is 4.79 Å². The summed E-state index contributed by atoms with van der Waals surface area (Å²) in [6.07, 6.45) is 0. The zero-order valence-electron chi connectivity index (χ0n) is 11.7. The van der Waals surface area contributed by atoms with Crippen LogP contribution in [0.4, 0.5) is 11.4 Å². The van der Waals surface area contributed by atoms with Crippen LogP contribution in [0.3, 0.4) is 0 Å². The van der Waals surface area contributed by atoms with E-state index in [9.17, 15) is 4.79 Å². The summed E-state index contributed by atoms with van der Waals surface area (Å²) in [7, 11) is 0. The lowest BCUT2D eigenvalue weighted by atomic mass is 10.1. The largest absolute Gasteiger partial charge is 0.378 e. The minimum absolute atomic E-state index is 0.0551. The molecule has 0 saturated carbocycles. The van der Waals surface area contributed by atoms with E-state index < -0.39 is 0 Å². The van der Waals surface area contributed by atoms with Gasteiger partial charge in [-0.25, -0.2) is 0 Å². The third kappa shape index (κ3) is 3.84. The highest BCUT2D eigenvalue weighted by atomic mass is 79.9. The summed E-state index contributed by atoms with van der Waals surface area (Å²) in [6, 6.07) is 8.34. The van der Waals surface area contributed by atoms with E-state index >= 15 is 0 Å². The van der Waals surface area contributed by atoms with Gasteiger partial charge in [0.05, 0.1) is 6.04 Å². The number of nitrogens with one attached hydrogen (secondary N) is 2. The van der Waals surface area contributed by atoms with Crippen LogP contribution in [-0.2, 0) is 4.79 Å². The van der Waals surface area contributed by atoms with Crippen LogP contribution >= 0.6 is 27.3 Å². The Kier molecular flexibility index (Phi) is 4.83. The van der Waals surface area contributed by atoms with E-state index in [1.807, 2.05) is 25.1 Å². The fourth-order valence-corrected chi connectivity index (χ4v) is 3.37. The number of thiophene rings is 1. The third-order valence-electron chi connectivity index (χ3n) is 2.95. The Morgan fingerprint density at radius 1 is 1.35 bits per heavy atom. The maximum absolute atomic E-state index is 11.2. The number of aryl methyl sites for hydroxylation is 1. The standard InChI is InChI=1S/C15H17BrN2OS/c1-9-4-5-13(7-14(9)18-11(3)19)17-10(2)15-6-12(16)8-20-15/h4-8,10,17H,1-3H3,(H,18,19). The van der Waals surface area contributed by atoms with Gasteiger partial charge in [-0.2, -0.15) is 0 Å². The van der Waals surface area contributed by atoms with Crippen LogP contribution in [0.5, 0.6) is 0 Å². The van der Waals surface area contributed by atoms with Gasteiger partial charge in [0.2, 0.25) is 5.91 Å². The zero-order valence-corrected chi connectivity index (χ0v) is 14.1. The fraction of sp³-hybridized carbons (Fsp3) is 0.267. The molecule has 0 aliphatic carbocycles. The van der Waals surface area contributed by atoms with E-state index in [1.165, 1.54) is 11.8 Å². The average Bonchev–Trinajstić information content (AvgIpc) is 2.79. The topological polar surface area (TPSA) is 41.1 Å². The highest BCUT2D eigenvalue weighted by molar-refractivity contribution is 9.10. The quantitative estimate of drug-likeness (QED) is 0.817. The van der Waals surface area contributed by atoms with Gasteiger partial charge in [0.1, 0.15) is 0 Å². The van der Waals surface area contributed by atoms with Gasteiger partial charge in [-0.1, -0.05) is 6.07 Å². The number of hydrogen-bond donors (Lipinski definition) is 2. The van der Waals surface area contributed by atoms with Crippen molar-refractivity contribution in [3.8, 4) is 0 Å². The second-order valence-corrected chi connectivity index (χ2v) is 6.60. The summed E-state index contributed by atoms with van der Waals surface area (Å²) in [5, 5.41) is 8.37. The molecule has 1 aromatic heterocycles. The van der Waals surface area contributed by atoms with Crippen LogP contribution in [0.2, 0.25) is 0 Å². The Morgan fingerprint density at radius 3 is 2.70 bits per heavy atom. The molecule has 2 aromatic rings. The second kappa shape index (κ2) is 6.41. The van der Waals surface area contributed by atoms with E-state index in [-0.39, 0.29) is 11.9 Å². The summed E-state index contributed by atoms with van der Waals surface area (Å²) in [5.41, 5.74) is 2.90. The minimum Gasteiger partial charge on any atom is -0.378 e. The first kappa shape index (κ1) is 15.1. The van der Waals surface area contributed by atoms with Gasteiger partial charge in [-0.3, -0.25) is 4.79 Å². The van der Waals surface area contributed by atoms with Crippen LogP contribution < -0.4 is 10.6 Å². The van der Waals surface area contributed by atoms with Crippen molar-refractivity contribution >= 4 is 44.5 Å². The molecule has 1 heterocycles. The summed E-state index contributed by atoms with van der Waals surface area (Å²) in [6.45, 7) is 5.62. The normalized spacial score (nSPS) is 12.0. The minimum atomic E-state index is -0.0551. The van der Waals surface area contributed by atoms with Crippen LogP contribution in [0.25, 0.3) is 0 Å². The molecule has 2 rings (SSSR count). The van der Waals surface area contributed by atoms with Gasteiger partial charge in [0.25, 0.3) is 0 Å². The number of carbonyl (C=O) groups is 1. The molecule has 106 valence electrons. The highest BCUT2D eigenvalue weighted by Crippen LogP contribution is 2.29. The zero-order chi connectivity index (χ0) is 14.7. The van der Waals surface area contributed by atoms with Crippen molar-refractivity contribution in [1.29, 1.82) is 0 Å². The molecular weight excluding hydrogens is 336 g/mol. The average molecular weight is 353 g/mol. The number of rotatable bonds is 4. The van der Waals surface area contributed by atoms with Crippen molar-refractivity contribution in [3.05, 3.63) is 44.6 Å². The van der Waals surface area contributed by atoms with Crippen molar-refractivity contribution in [1.82, 2.24) is 0 Å². The molecule has 0 aliphatic rings. The molecule has 0 spiro atoms. The molecule has 1 aromatic carbocycles. The van der Waals surface area contributed by atoms with E-state index in [2.05, 4.69) is 44.9 Å². The van der Waals surface area contributed by atoms with Gasteiger partial charge in [-0.05, 0) is 53.5 Å². The predicted octanol–water partition coefficient (Wildman–Crippen LogP) is 4.95. The van der Waals surface area contributed by atoms with Crippen LogP contribution in [0, 0.1) is 6.92 Å². The van der Waals surface area contributed by atoms with Gasteiger partial charge < -0.3 is 10.6 Å². The van der Waals surface area contributed by atoms with Crippen LogP contribution in [0.1, 0.15) is 30.3 Å². The Morgan fingerprint density at radius 2 is 2.10 bits per heavy atom. The van der Waals surface area contributed by atoms with Gasteiger partial charge in [-0.15, -0.1) is 11.3 Å². The number of halogens is 1. The first-order chi connectivity index (χ1) is 9.45. The smallest absolute Gasteiger partial charge is 0.221 e. The fourth-order valence-electron chi connectivity index (χ4n) is 1.91. The molecule has 5 heteroatoms. The molecule has 20 heavy (non-hydrogen) atoms. The second-order valence-electron chi connectivity index (χ2n) is 4.74. The predicted molar refractivity (Wildman–Crippen MR) is 89.5 cm³/mol. The van der Waals surface area contributed by atoms with Gasteiger partial charge in [0.15, 0.2) is 0 Å². The highest BCUT2D eigenvalue weighted by Gasteiger charge is 2.09. The molecule has 0 bridgehead atoms. The van der Waals surface area contributed by atoms with E-state index in [0.717, 1.165) is 21.4 Å². The first-order valence-electron chi connectivity index (χ1n) is 6.34. The number of benzene rings is 1. The Balaban J connectivity index is 2.15. The van der Waals surface area contributed by atoms with Crippen molar-refractivity contribution in [2.75, 3.05) is 10.6 Å². The molecule has 1 atom stereocenters. The Bertz CT molecular complexity index is 624. The summed E-state index contributed by atoms with van der Waals surface area (Å²) >= 11 is 5.19. The molecule has 1 unspecified atom stereocenters. The molecule has 0 radical (unpaired) electrons. The lowest BCUT2D eigenvalue weighted by molar-refractivity contribution is -0.114. The van der Waals surface area contributed by atoms with E-state index in [1.54, 1.807) is 11.3 Å². The molecule has 0 saturated heterocycles. The molecule has 0 fully saturated rings. The molecule has 2 N–H and O–H groups in total.